The van der Waals surface area contributed by atoms with Crippen LogP contribution in [0.4, 0.5) is 0 Å². The van der Waals surface area contributed by atoms with Crippen molar-refractivity contribution < 1.29 is 8.42 Å². The second-order valence-corrected chi connectivity index (χ2v) is 7.62. The Kier molecular flexibility index (Phi) is 3.49. The van der Waals surface area contributed by atoms with Gasteiger partial charge in [-0.1, -0.05) is 29.8 Å². The topological polar surface area (TPSA) is 64.8 Å². The van der Waals surface area contributed by atoms with Crippen LogP contribution in [0.15, 0.2) is 59.6 Å². The van der Waals surface area contributed by atoms with Gasteiger partial charge in [-0.05, 0) is 41.9 Å². The summed E-state index contributed by atoms with van der Waals surface area (Å²) in [4.78, 5) is 8.31. The number of nitrogens with zero attached hydrogens (tertiary/aromatic N) is 3. The first-order chi connectivity index (χ1) is 11.5. The van der Waals surface area contributed by atoms with Crippen LogP contribution in [-0.2, 0) is 10.0 Å². The molecule has 0 unspecified atom stereocenters. The first-order valence-corrected chi connectivity index (χ1v) is 9.11. The quantitative estimate of drug-likeness (QED) is 0.389. The molecule has 0 atom stereocenters. The van der Waals surface area contributed by atoms with Gasteiger partial charge in [-0.25, -0.2) is 22.4 Å². The first-order valence-electron chi connectivity index (χ1n) is 6.92. The van der Waals surface area contributed by atoms with Crippen molar-refractivity contribution in [2.75, 3.05) is 0 Å². The van der Waals surface area contributed by atoms with Crippen molar-refractivity contribution in [3.8, 4) is 0 Å². The molecule has 0 N–H and O–H groups in total. The van der Waals surface area contributed by atoms with Gasteiger partial charge in [-0.3, -0.25) is 0 Å². The summed E-state index contributed by atoms with van der Waals surface area (Å²) in [6.45, 7) is 0. The molecule has 0 saturated carbocycles. The van der Waals surface area contributed by atoms with Crippen LogP contribution in [0.5, 0.6) is 0 Å². The van der Waals surface area contributed by atoms with Gasteiger partial charge in [-0.15, -0.1) is 0 Å². The summed E-state index contributed by atoms with van der Waals surface area (Å²) in [5.74, 6) is 0. The summed E-state index contributed by atoms with van der Waals surface area (Å²) < 4.78 is 26.9. The molecule has 0 amide bonds. The molecule has 120 valence electrons. The van der Waals surface area contributed by atoms with E-state index in [0.29, 0.717) is 21.8 Å². The third-order valence-electron chi connectivity index (χ3n) is 3.72. The highest BCUT2D eigenvalue weighted by Crippen LogP contribution is 2.31. The van der Waals surface area contributed by atoms with Gasteiger partial charge in [0.25, 0.3) is 10.0 Å². The Morgan fingerprint density at radius 2 is 1.62 bits per heavy atom. The minimum Gasteiger partial charge on any atom is -0.241 e. The molecule has 0 fully saturated rings. The third-order valence-corrected chi connectivity index (χ3v) is 5.89. The molecule has 0 aliphatic heterocycles. The molecule has 0 radical (unpaired) electrons. The van der Waals surface area contributed by atoms with Crippen molar-refractivity contribution >= 4 is 55.0 Å². The lowest BCUT2D eigenvalue weighted by Gasteiger charge is -2.08. The number of hydrogen-bond acceptors (Lipinski definition) is 4. The van der Waals surface area contributed by atoms with E-state index >= 15 is 0 Å². The summed E-state index contributed by atoms with van der Waals surface area (Å²) in [5, 5.41) is 1.49. The van der Waals surface area contributed by atoms with Crippen LogP contribution in [0.3, 0.4) is 0 Å². The van der Waals surface area contributed by atoms with Crippen LogP contribution in [0.1, 0.15) is 0 Å². The maximum atomic E-state index is 12.9. The van der Waals surface area contributed by atoms with Gasteiger partial charge in [0.15, 0.2) is 0 Å². The molecule has 4 rings (SSSR count). The molecule has 0 aliphatic rings. The van der Waals surface area contributed by atoms with E-state index in [4.69, 9.17) is 23.2 Å². The van der Waals surface area contributed by atoms with E-state index in [1.54, 1.807) is 48.5 Å². The van der Waals surface area contributed by atoms with Gasteiger partial charge >= 0.3 is 0 Å². The Bertz CT molecular complexity index is 1190. The molecule has 4 aromatic rings. The van der Waals surface area contributed by atoms with E-state index < -0.39 is 10.0 Å². The molecule has 0 saturated heterocycles. The van der Waals surface area contributed by atoms with Crippen LogP contribution >= 0.6 is 23.2 Å². The summed E-state index contributed by atoms with van der Waals surface area (Å²) in [7, 11) is -3.70. The lowest BCUT2D eigenvalue weighted by Crippen LogP contribution is -2.11. The van der Waals surface area contributed by atoms with Crippen LogP contribution in [-0.4, -0.2) is 22.4 Å². The second-order valence-electron chi connectivity index (χ2n) is 5.11. The minimum atomic E-state index is -3.70. The summed E-state index contributed by atoms with van der Waals surface area (Å²) in [6, 6.07) is 13.3. The van der Waals surface area contributed by atoms with Gasteiger partial charge in [0.2, 0.25) is 5.28 Å². The number of fused-ring (bicyclic) bond motifs is 3. The summed E-state index contributed by atoms with van der Waals surface area (Å²) in [5.41, 5.74) is 1.01. The number of benzene rings is 2. The standard InChI is InChI=1S/C16H9Cl2N3O2S/c17-15-12-6-7-13-11(14(12)19-16(18)20-15)8-9-21(13)24(22,23)10-4-2-1-3-5-10/h1-9H. The van der Waals surface area contributed by atoms with Gasteiger partial charge in [-0.2, -0.15) is 0 Å². The van der Waals surface area contributed by atoms with E-state index in [-0.39, 0.29) is 15.3 Å². The van der Waals surface area contributed by atoms with Gasteiger partial charge < -0.3 is 0 Å². The maximum absolute atomic E-state index is 12.9. The number of rotatable bonds is 2. The highest BCUT2D eigenvalue weighted by molar-refractivity contribution is 7.90. The lowest BCUT2D eigenvalue weighted by atomic mass is 10.2. The van der Waals surface area contributed by atoms with Crippen molar-refractivity contribution in [1.82, 2.24) is 13.9 Å². The zero-order chi connectivity index (χ0) is 16.9. The molecule has 0 spiro atoms. The molecule has 5 nitrogen and oxygen atoms in total. The van der Waals surface area contributed by atoms with Crippen LogP contribution in [0.25, 0.3) is 21.8 Å². The smallest absolute Gasteiger partial charge is 0.241 e. The zero-order valence-corrected chi connectivity index (χ0v) is 14.3. The molecule has 8 heteroatoms. The van der Waals surface area contributed by atoms with Crippen molar-refractivity contribution in [2.45, 2.75) is 4.90 Å². The van der Waals surface area contributed by atoms with E-state index in [1.807, 2.05) is 0 Å². The Hall–Kier alpha value is -2.15. The third kappa shape index (κ3) is 2.26. The van der Waals surface area contributed by atoms with Crippen molar-refractivity contribution in [3.63, 3.8) is 0 Å². The number of aromatic nitrogens is 3. The molecular formula is C16H9Cl2N3O2S. The fraction of sp³-hybridized carbons (Fsp3) is 0. The number of halogens is 2. The summed E-state index contributed by atoms with van der Waals surface area (Å²) in [6.07, 6.45) is 1.50. The molecule has 2 aromatic carbocycles. The molecule has 0 aliphatic carbocycles. The molecule has 2 aromatic heterocycles. The molecule has 0 bridgehead atoms. The van der Waals surface area contributed by atoms with E-state index in [0.717, 1.165) is 0 Å². The normalized spacial score (nSPS) is 12.1. The van der Waals surface area contributed by atoms with E-state index in [1.165, 1.54) is 10.2 Å². The van der Waals surface area contributed by atoms with Gasteiger partial charge in [0, 0.05) is 17.0 Å². The highest BCUT2D eigenvalue weighted by Gasteiger charge is 2.20. The fourth-order valence-corrected chi connectivity index (χ4v) is 4.45. The van der Waals surface area contributed by atoms with Crippen LogP contribution in [0, 0.1) is 0 Å². The van der Waals surface area contributed by atoms with Crippen LogP contribution < -0.4 is 0 Å². The second kappa shape index (κ2) is 5.44. The molecular weight excluding hydrogens is 369 g/mol. The molecule has 24 heavy (non-hydrogen) atoms. The van der Waals surface area contributed by atoms with Crippen LogP contribution in [0.2, 0.25) is 10.4 Å². The Morgan fingerprint density at radius 3 is 2.38 bits per heavy atom. The zero-order valence-electron chi connectivity index (χ0n) is 12.0. The Morgan fingerprint density at radius 1 is 0.875 bits per heavy atom. The van der Waals surface area contributed by atoms with Gasteiger partial charge in [0.05, 0.1) is 15.9 Å². The largest absolute Gasteiger partial charge is 0.268 e. The summed E-state index contributed by atoms with van der Waals surface area (Å²) >= 11 is 12.0. The maximum Gasteiger partial charge on any atom is 0.268 e. The fourth-order valence-electron chi connectivity index (χ4n) is 2.64. The average Bonchev–Trinajstić information content (AvgIpc) is 3.01. The van der Waals surface area contributed by atoms with E-state index in [2.05, 4.69) is 9.97 Å². The minimum absolute atomic E-state index is 0.0127. The molecule has 2 heterocycles. The van der Waals surface area contributed by atoms with Crippen molar-refractivity contribution in [1.29, 1.82) is 0 Å². The Labute approximate surface area is 147 Å². The Balaban J connectivity index is 2.05. The number of hydrogen-bond donors (Lipinski definition) is 0. The van der Waals surface area contributed by atoms with Gasteiger partial charge in [0.1, 0.15) is 5.15 Å². The lowest BCUT2D eigenvalue weighted by molar-refractivity contribution is 0.589. The van der Waals surface area contributed by atoms with Crippen molar-refractivity contribution in [3.05, 3.63) is 65.2 Å². The monoisotopic (exact) mass is 377 g/mol. The van der Waals surface area contributed by atoms with E-state index in [9.17, 15) is 8.42 Å². The first kappa shape index (κ1) is 15.4. The van der Waals surface area contributed by atoms with Crippen molar-refractivity contribution in [2.24, 2.45) is 0 Å². The average molecular weight is 378 g/mol. The SMILES string of the molecule is O=S(=O)(c1ccccc1)n1ccc2c3nc(Cl)nc(Cl)c3ccc21. The predicted octanol–water partition coefficient (Wildman–Crippen LogP) is 4.13. The predicted molar refractivity (Wildman–Crippen MR) is 94.1 cm³/mol. The highest BCUT2D eigenvalue weighted by atomic mass is 35.5.